The van der Waals surface area contributed by atoms with Crippen molar-refractivity contribution in [2.45, 2.75) is 6.42 Å². The molecule has 1 aliphatic rings. The van der Waals surface area contributed by atoms with E-state index in [0.29, 0.717) is 16.9 Å². The summed E-state index contributed by atoms with van der Waals surface area (Å²) in [6.07, 6.45) is 6.33. The second-order valence-electron chi connectivity index (χ2n) is 5.89. The Hall–Kier alpha value is -3.27. The molecule has 4 nitrogen and oxygen atoms in total. The van der Waals surface area contributed by atoms with E-state index in [-0.39, 0.29) is 17.2 Å². The molecule has 2 aromatic carbocycles. The summed E-state index contributed by atoms with van der Waals surface area (Å²) in [5.41, 5.74) is 1.61. The molecule has 0 saturated heterocycles. The zero-order valence-electron chi connectivity index (χ0n) is 12.8. The highest BCUT2D eigenvalue weighted by molar-refractivity contribution is 5.90. The van der Waals surface area contributed by atoms with Crippen LogP contribution in [0.2, 0.25) is 0 Å². The van der Waals surface area contributed by atoms with Gasteiger partial charge in [0.15, 0.2) is 5.88 Å². The third-order valence-electron chi connectivity index (χ3n) is 4.19. The van der Waals surface area contributed by atoms with Gasteiger partial charge >= 0.3 is 0 Å². The third kappa shape index (κ3) is 2.48. The molecule has 0 saturated carbocycles. The second-order valence-corrected chi connectivity index (χ2v) is 5.89. The minimum absolute atomic E-state index is 0.145. The van der Waals surface area contributed by atoms with Gasteiger partial charge in [-0.05, 0) is 40.3 Å². The lowest BCUT2D eigenvalue weighted by molar-refractivity contribution is 0.450. The van der Waals surface area contributed by atoms with Crippen molar-refractivity contribution in [1.82, 2.24) is 4.98 Å². The van der Waals surface area contributed by atoms with E-state index in [9.17, 15) is 15.0 Å². The number of phenols is 1. The molecule has 0 aliphatic heterocycles. The number of hydrogen-bond donors (Lipinski definition) is 3. The van der Waals surface area contributed by atoms with Crippen molar-refractivity contribution in [2.24, 2.45) is 0 Å². The van der Waals surface area contributed by atoms with Crippen LogP contribution in [0, 0.1) is 0 Å². The van der Waals surface area contributed by atoms with Gasteiger partial charge in [-0.15, -0.1) is 0 Å². The lowest BCUT2D eigenvalue weighted by atomic mass is 9.99. The summed E-state index contributed by atoms with van der Waals surface area (Å²) >= 11 is 0. The van der Waals surface area contributed by atoms with Crippen LogP contribution in [0.15, 0.2) is 52.8 Å². The Bertz CT molecular complexity index is 1170. The van der Waals surface area contributed by atoms with Crippen molar-refractivity contribution < 1.29 is 10.2 Å². The molecule has 1 heterocycles. The van der Waals surface area contributed by atoms with E-state index in [1.807, 2.05) is 48.6 Å². The number of nitrogens with one attached hydrogen (secondary N) is 1. The van der Waals surface area contributed by atoms with Crippen LogP contribution in [0.1, 0.15) is 12.0 Å². The first-order valence-corrected chi connectivity index (χ1v) is 7.67. The van der Waals surface area contributed by atoms with Gasteiger partial charge in [0.05, 0.1) is 0 Å². The van der Waals surface area contributed by atoms with Crippen LogP contribution in [0.4, 0.5) is 0 Å². The maximum Gasteiger partial charge on any atom is 0.258 e. The smallest absolute Gasteiger partial charge is 0.258 e. The lowest BCUT2D eigenvalue weighted by Gasteiger charge is -2.07. The molecule has 0 amide bonds. The quantitative estimate of drug-likeness (QED) is 0.642. The first kappa shape index (κ1) is 14.3. The summed E-state index contributed by atoms with van der Waals surface area (Å²) in [5.74, 6) is 0.0993. The number of aromatic nitrogens is 1. The predicted molar refractivity (Wildman–Crippen MR) is 95.1 cm³/mol. The Morgan fingerprint density at radius 3 is 2.79 bits per heavy atom. The summed E-state index contributed by atoms with van der Waals surface area (Å²) in [6.45, 7) is 0. The first-order valence-electron chi connectivity index (χ1n) is 7.67. The van der Waals surface area contributed by atoms with E-state index in [4.69, 9.17) is 0 Å². The highest BCUT2D eigenvalue weighted by atomic mass is 16.3. The SMILES string of the molecule is O=c1[nH]c(O)cc2c1=CCC(=Cc1cc(O)c3ccccc3c1)C=2. The molecule has 4 heteroatoms. The molecule has 3 N–H and O–H groups in total. The summed E-state index contributed by atoms with van der Waals surface area (Å²) in [6, 6.07) is 13.0. The highest BCUT2D eigenvalue weighted by Gasteiger charge is 2.05. The van der Waals surface area contributed by atoms with E-state index >= 15 is 0 Å². The van der Waals surface area contributed by atoms with Crippen LogP contribution in [-0.2, 0) is 0 Å². The van der Waals surface area contributed by atoms with Gasteiger partial charge in [-0.2, -0.15) is 0 Å². The molecule has 0 bridgehead atoms. The Morgan fingerprint density at radius 2 is 1.92 bits per heavy atom. The zero-order valence-corrected chi connectivity index (χ0v) is 12.8. The molecule has 0 fully saturated rings. The first-order chi connectivity index (χ1) is 11.6. The van der Waals surface area contributed by atoms with Gasteiger partial charge in [-0.25, -0.2) is 0 Å². The van der Waals surface area contributed by atoms with E-state index in [1.54, 1.807) is 6.07 Å². The number of aromatic hydroxyl groups is 2. The highest BCUT2D eigenvalue weighted by Crippen LogP contribution is 2.27. The Balaban J connectivity index is 1.85. The topological polar surface area (TPSA) is 73.3 Å². The fourth-order valence-corrected chi connectivity index (χ4v) is 3.10. The number of H-pyrrole nitrogens is 1. The minimum atomic E-state index is -0.288. The zero-order chi connectivity index (χ0) is 16.7. The van der Waals surface area contributed by atoms with Crippen LogP contribution < -0.4 is 16.0 Å². The molecule has 0 atom stereocenters. The van der Waals surface area contributed by atoms with Gasteiger partial charge < -0.3 is 10.2 Å². The van der Waals surface area contributed by atoms with Gasteiger partial charge in [0.25, 0.3) is 5.56 Å². The fourth-order valence-electron chi connectivity index (χ4n) is 3.10. The predicted octanol–water partition coefficient (Wildman–Crippen LogP) is 1.99. The molecule has 4 rings (SSSR count). The number of rotatable bonds is 1. The molecule has 0 radical (unpaired) electrons. The number of allylic oxidation sites excluding steroid dienone is 1. The van der Waals surface area contributed by atoms with Crippen LogP contribution in [0.5, 0.6) is 11.6 Å². The van der Waals surface area contributed by atoms with Crippen LogP contribution in [0.3, 0.4) is 0 Å². The van der Waals surface area contributed by atoms with Crippen molar-refractivity contribution in [2.75, 3.05) is 0 Å². The van der Waals surface area contributed by atoms with E-state index in [2.05, 4.69) is 4.98 Å². The summed E-state index contributed by atoms with van der Waals surface area (Å²) < 4.78 is 0. The maximum absolute atomic E-state index is 11.8. The molecule has 0 spiro atoms. The molecule has 1 aromatic heterocycles. The number of phenolic OH excluding ortho intramolecular Hbond substituents is 1. The van der Waals surface area contributed by atoms with Crippen molar-refractivity contribution >= 4 is 29.0 Å². The monoisotopic (exact) mass is 317 g/mol. The summed E-state index contributed by atoms with van der Waals surface area (Å²) in [7, 11) is 0. The molecule has 1 aliphatic carbocycles. The number of hydrogen-bond acceptors (Lipinski definition) is 3. The molecular formula is C20H15NO3. The van der Waals surface area contributed by atoms with Gasteiger partial charge in [0.2, 0.25) is 0 Å². The van der Waals surface area contributed by atoms with E-state index < -0.39 is 0 Å². The summed E-state index contributed by atoms with van der Waals surface area (Å²) in [5, 5.41) is 22.8. The van der Waals surface area contributed by atoms with Gasteiger partial charge in [-0.3, -0.25) is 9.78 Å². The van der Waals surface area contributed by atoms with Crippen molar-refractivity contribution in [1.29, 1.82) is 0 Å². The van der Waals surface area contributed by atoms with Crippen LogP contribution in [0.25, 0.3) is 29.0 Å². The Kier molecular flexibility index (Phi) is 3.24. The average molecular weight is 317 g/mol. The minimum Gasteiger partial charge on any atom is -0.507 e. The maximum atomic E-state index is 11.8. The molecule has 0 unspecified atom stereocenters. The van der Waals surface area contributed by atoms with E-state index in [1.165, 1.54) is 6.07 Å². The lowest BCUT2D eigenvalue weighted by Crippen LogP contribution is -2.41. The Labute approximate surface area is 137 Å². The molecule has 118 valence electrons. The molecule has 3 aromatic rings. The number of benzene rings is 2. The number of fused-ring (bicyclic) bond motifs is 2. The number of pyridine rings is 1. The standard InChI is InChI=1S/C20H15NO3/c22-18-10-13(9-14-3-1-2-4-16(14)18)7-12-5-6-17-15(8-12)11-19(23)21-20(17)24/h1-4,6-11,22-23H,5H2,(H,21,24). The third-order valence-corrected chi connectivity index (χ3v) is 4.19. The van der Waals surface area contributed by atoms with Crippen molar-refractivity contribution in [3.63, 3.8) is 0 Å². The summed E-state index contributed by atoms with van der Waals surface area (Å²) in [4.78, 5) is 14.2. The van der Waals surface area contributed by atoms with E-state index in [0.717, 1.165) is 21.9 Å². The van der Waals surface area contributed by atoms with Crippen LogP contribution in [-0.4, -0.2) is 15.2 Å². The largest absolute Gasteiger partial charge is 0.507 e. The Morgan fingerprint density at radius 1 is 1.08 bits per heavy atom. The van der Waals surface area contributed by atoms with Crippen molar-refractivity contribution in [3.8, 4) is 11.6 Å². The van der Waals surface area contributed by atoms with Gasteiger partial charge in [-0.1, -0.05) is 42.5 Å². The fraction of sp³-hybridized carbons (Fsp3) is 0.0500. The van der Waals surface area contributed by atoms with Gasteiger partial charge in [0.1, 0.15) is 5.75 Å². The van der Waals surface area contributed by atoms with Gasteiger partial charge in [0, 0.05) is 16.7 Å². The number of aromatic amines is 1. The normalized spacial score (nSPS) is 14.9. The second kappa shape index (κ2) is 5.42. The van der Waals surface area contributed by atoms with Crippen molar-refractivity contribution in [3.05, 3.63) is 74.4 Å². The molecular weight excluding hydrogens is 302 g/mol. The molecule has 24 heavy (non-hydrogen) atoms. The van der Waals surface area contributed by atoms with Crippen LogP contribution >= 0.6 is 0 Å². The average Bonchev–Trinajstić information content (AvgIpc) is 2.54.